The van der Waals surface area contributed by atoms with Crippen molar-refractivity contribution in [3.05, 3.63) is 70.6 Å². The van der Waals surface area contributed by atoms with Gasteiger partial charge < -0.3 is 25.2 Å². The first-order valence-electron chi connectivity index (χ1n) is 13.6. The van der Waals surface area contributed by atoms with Crippen molar-refractivity contribution in [2.45, 2.75) is 50.7 Å². The van der Waals surface area contributed by atoms with Crippen molar-refractivity contribution in [3.63, 3.8) is 0 Å². The van der Waals surface area contributed by atoms with Crippen LogP contribution in [0.3, 0.4) is 0 Å². The van der Waals surface area contributed by atoms with Gasteiger partial charge in [0.25, 0.3) is 5.91 Å². The number of hydrogen-bond donors (Lipinski definition) is 3. The number of nitrogens with one attached hydrogen (secondary N) is 1. The van der Waals surface area contributed by atoms with Crippen molar-refractivity contribution in [2.75, 3.05) is 27.2 Å². The number of nitrogens with zero attached hydrogens (tertiary/aromatic N) is 2. The van der Waals surface area contributed by atoms with Gasteiger partial charge in [0.1, 0.15) is 22.8 Å². The second-order valence-corrected chi connectivity index (χ2v) is 11.2. The fourth-order valence-corrected chi connectivity index (χ4v) is 5.22. The lowest BCUT2D eigenvalue weighted by molar-refractivity contribution is -0.146. The van der Waals surface area contributed by atoms with Gasteiger partial charge in [-0.2, -0.15) is 0 Å². The van der Waals surface area contributed by atoms with Gasteiger partial charge >= 0.3 is 5.97 Å². The van der Waals surface area contributed by atoms with E-state index in [0.29, 0.717) is 39.8 Å². The third-order valence-corrected chi connectivity index (χ3v) is 7.70. The highest BCUT2D eigenvalue weighted by Gasteiger charge is 2.43. The third-order valence-electron chi connectivity index (χ3n) is 7.39. The first-order chi connectivity index (χ1) is 19.5. The van der Waals surface area contributed by atoms with E-state index in [0.717, 1.165) is 18.5 Å². The molecule has 1 saturated carbocycles. The van der Waals surface area contributed by atoms with Gasteiger partial charge in [-0.1, -0.05) is 23.7 Å². The molecule has 0 radical (unpaired) electrons. The van der Waals surface area contributed by atoms with Crippen LogP contribution in [0.1, 0.15) is 48.2 Å². The number of aliphatic hydroxyl groups is 1. The second kappa shape index (κ2) is 13.0. The van der Waals surface area contributed by atoms with Crippen LogP contribution in [0.15, 0.2) is 48.5 Å². The first kappa shape index (κ1) is 30.4. The number of hydrogen-bond acceptors (Lipinski definition) is 6. The predicted octanol–water partition coefficient (Wildman–Crippen LogP) is 5.34. The molecule has 1 heterocycles. The molecule has 4 rings (SSSR count). The maximum absolute atomic E-state index is 13.9. The van der Waals surface area contributed by atoms with Gasteiger partial charge in [0.05, 0.1) is 23.4 Å². The van der Waals surface area contributed by atoms with E-state index in [9.17, 15) is 24.2 Å². The summed E-state index contributed by atoms with van der Waals surface area (Å²) in [5.41, 5.74) is 1.67. The van der Waals surface area contributed by atoms with E-state index in [1.807, 2.05) is 14.1 Å². The van der Waals surface area contributed by atoms with E-state index >= 15 is 0 Å². The van der Waals surface area contributed by atoms with Crippen molar-refractivity contribution in [2.24, 2.45) is 0 Å². The highest BCUT2D eigenvalue weighted by atomic mass is 35.5. The molecule has 0 spiro atoms. The number of aliphatic hydroxyl groups excluding tert-OH is 1. The lowest BCUT2D eigenvalue weighted by Gasteiger charge is -2.35. The molecule has 0 unspecified atom stereocenters. The van der Waals surface area contributed by atoms with Gasteiger partial charge in [0.15, 0.2) is 0 Å². The normalized spacial score (nSPS) is 18.8. The Morgan fingerprint density at radius 2 is 1.83 bits per heavy atom. The van der Waals surface area contributed by atoms with Crippen molar-refractivity contribution in [1.82, 2.24) is 15.2 Å². The predicted molar refractivity (Wildman–Crippen MR) is 156 cm³/mol. The van der Waals surface area contributed by atoms with Crippen LogP contribution in [-0.4, -0.2) is 70.9 Å². The zero-order chi connectivity index (χ0) is 29.7. The van der Waals surface area contributed by atoms with Crippen LogP contribution >= 0.6 is 11.6 Å². The second-order valence-electron chi connectivity index (χ2n) is 10.8. The summed E-state index contributed by atoms with van der Waals surface area (Å²) < 4.78 is 19.9. The van der Waals surface area contributed by atoms with Crippen LogP contribution in [0.25, 0.3) is 22.4 Å². The standard InChI is InChI=1S/C31H35ClFN3O5/c1-19-17-21(33)6-7-23(19)24-8-10-26(29(38)35-31(30(39)40)13-11-22(37)12-14-31)34-28(24)20-5-9-25(32)27(18-20)41-16-4-15-36(2)3/h5-10,17-18,22,37H,4,11-16H2,1-3H3,(H,35,38)(H,39,40). The lowest BCUT2D eigenvalue weighted by Crippen LogP contribution is -2.57. The Bertz CT molecular complexity index is 1420. The van der Waals surface area contributed by atoms with Gasteiger partial charge in [-0.15, -0.1) is 0 Å². The highest BCUT2D eigenvalue weighted by Crippen LogP contribution is 2.37. The van der Waals surface area contributed by atoms with E-state index in [2.05, 4.69) is 10.2 Å². The van der Waals surface area contributed by atoms with Gasteiger partial charge in [0.2, 0.25) is 0 Å². The number of carbonyl (C=O) groups excluding carboxylic acids is 1. The number of amides is 1. The maximum Gasteiger partial charge on any atom is 0.329 e. The summed E-state index contributed by atoms with van der Waals surface area (Å²) in [5, 5.41) is 22.9. The Morgan fingerprint density at radius 3 is 2.49 bits per heavy atom. The van der Waals surface area contributed by atoms with E-state index in [-0.39, 0.29) is 37.2 Å². The van der Waals surface area contributed by atoms with Gasteiger partial charge in [-0.3, -0.25) is 4.79 Å². The van der Waals surface area contributed by atoms with Crippen LogP contribution in [0.2, 0.25) is 5.02 Å². The van der Waals surface area contributed by atoms with Crippen LogP contribution in [0, 0.1) is 12.7 Å². The van der Waals surface area contributed by atoms with Crippen LogP contribution in [0.4, 0.5) is 4.39 Å². The highest BCUT2D eigenvalue weighted by molar-refractivity contribution is 6.32. The Balaban J connectivity index is 1.74. The first-order valence-corrected chi connectivity index (χ1v) is 14.0. The molecule has 8 nitrogen and oxygen atoms in total. The molecular formula is C31H35ClFN3O5. The Morgan fingerprint density at radius 1 is 1.12 bits per heavy atom. The SMILES string of the molecule is Cc1cc(F)ccc1-c1ccc(C(=O)NC2(C(=O)O)CCC(O)CC2)nc1-c1ccc(Cl)c(OCCCN(C)C)c1. The molecule has 2 aromatic carbocycles. The maximum atomic E-state index is 13.9. The number of benzene rings is 2. The van der Waals surface area contributed by atoms with Crippen LogP contribution in [0.5, 0.6) is 5.75 Å². The van der Waals surface area contributed by atoms with Gasteiger partial charge in [0, 0.05) is 17.7 Å². The third kappa shape index (κ3) is 7.22. The minimum absolute atomic E-state index is 0.0265. The fourth-order valence-electron chi connectivity index (χ4n) is 5.05. The van der Waals surface area contributed by atoms with Crippen molar-refractivity contribution in [1.29, 1.82) is 0 Å². The Labute approximate surface area is 244 Å². The molecule has 3 N–H and O–H groups in total. The number of rotatable bonds is 10. The summed E-state index contributed by atoms with van der Waals surface area (Å²) in [4.78, 5) is 32.3. The summed E-state index contributed by atoms with van der Waals surface area (Å²) >= 11 is 6.43. The fraction of sp³-hybridized carbons (Fsp3) is 0.387. The van der Waals surface area contributed by atoms with E-state index in [4.69, 9.17) is 21.3 Å². The molecule has 1 amide bonds. The molecule has 218 valence electrons. The van der Waals surface area contributed by atoms with E-state index in [1.165, 1.54) is 18.2 Å². The molecule has 3 aromatic rings. The zero-order valence-corrected chi connectivity index (χ0v) is 24.2. The summed E-state index contributed by atoms with van der Waals surface area (Å²) in [5.74, 6) is -1.69. The molecule has 0 bridgehead atoms. The summed E-state index contributed by atoms with van der Waals surface area (Å²) in [6.07, 6.45) is 0.976. The van der Waals surface area contributed by atoms with E-state index in [1.54, 1.807) is 37.3 Å². The number of pyridine rings is 1. The molecule has 41 heavy (non-hydrogen) atoms. The number of carbonyl (C=O) groups is 2. The minimum atomic E-state index is -1.49. The molecular weight excluding hydrogens is 549 g/mol. The van der Waals surface area contributed by atoms with E-state index < -0.39 is 23.5 Å². The summed E-state index contributed by atoms with van der Waals surface area (Å²) in [7, 11) is 3.97. The number of halogens is 2. The Hall–Kier alpha value is -3.53. The molecule has 1 aliphatic rings. The number of ether oxygens (including phenoxy) is 1. The number of aliphatic carboxylic acids is 1. The molecule has 1 fully saturated rings. The summed E-state index contributed by atoms with van der Waals surface area (Å²) in [6, 6.07) is 12.9. The topological polar surface area (TPSA) is 112 Å². The molecule has 1 aromatic heterocycles. The number of aryl methyl sites for hydroxylation is 1. The van der Waals surface area contributed by atoms with Crippen molar-refractivity contribution >= 4 is 23.5 Å². The zero-order valence-electron chi connectivity index (χ0n) is 23.4. The molecule has 0 saturated heterocycles. The van der Waals surface area contributed by atoms with Crippen LogP contribution in [-0.2, 0) is 4.79 Å². The Kier molecular flexibility index (Phi) is 9.63. The summed E-state index contributed by atoms with van der Waals surface area (Å²) in [6.45, 7) is 3.09. The largest absolute Gasteiger partial charge is 0.492 e. The molecule has 0 aliphatic heterocycles. The van der Waals surface area contributed by atoms with Crippen molar-refractivity contribution < 1.29 is 28.9 Å². The van der Waals surface area contributed by atoms with Gasteiger partial charge in [-0.25, -0.2) is 14.2 Å². The molecule has 0 atom stereocenters. The van der Waals surface area contributed by atoms with Crippen molar-refractivity contribution in [3.8, 4) is 28.1 Å². The average Bonchev–Trinajstić information content (AvgIpc) is 2.93. The number of carboxylic acid groups (broad SMARTS) is 1. The smallest absolute Gasteiger partial charge is 0.329 e. The van der Waals surface area contributed by atoms with Gasteiger partial charge in [-0.05, 0) is 101 Å². The quantitative estimate of drug-likeness (QED) is 0.276. The molecule has 1 aliphatic carbocycles. The average molecular weight is 584 g/mol. The lowest BCUT2D eigenvalue weighted by atomic mass is 9.80. The minimum Gasteiger partial charge on any atom is -0.492 e. The number of carboxylic acids is 1. The number of aromatic nitrogens is 1. The molecule has 10 heteroatoms. The van der Waals surface area contributed by atoms with Crippen LogP contribution < -0.4 is 10.1 Å². The monoisotopic (exact) mass is 583 g/mol.